The molecule has 0 saturated carbocycles. The minimum atomic E-state index is -1.05. The fourth-order valence-corrected chi connectivity index (χ4v) is 5.76. The number of carbonyl (C=O) groups is 3. The Kier molecular flexibility index (Phi) is 6.14. The van der Waals surface area contributed by atoms with Gasteiger partial charge < -0.3 is 24.1 Å². The van der Waals surface area contributed by atoms with Gasteiger partial charge in [0.15, 0.2) is 5.54 Å². The molecule has 10 heteroatoms. The molecule has 3 aliphatic rings. The first-order valence-electron chi connectivity index (χ1n) is 13.1. The third-order valence-electron chi connectivity index (χ3n) is 7.88. The number of rotatable bonds is 5. The Balaban J connectivity index is 1.26. The first-order chi connectivity index (χ1) is 18.8. The summed E-state index contributed by atoms with van der Waals surface area (Å²) < 4.78 is 10.3. The molecule has 1 unspecified atom stereocenters. The number of amides is 3. The molecule has 2 fully saturated rings. The van der Waals surface area contributed by atoms with E-state index < -0.39 is 17.7 Å². The number of furan rings is 1. The summed E-state index contributed by atoms with van der Waals surface area (Å²) in [6, 6.07) is 15.9. The predicted molar refractivity (Wildman–Crippen MR) is 143 cm³/mol. The van der Waals surface area contributed by atoms with Crippen LogP contribution in [-0.2, 0) is 14.3 Å². The van der Waals surface area contributed by atoms with Gasteiger partial charge in [-0.25, -0.2) is 9.79 Å². The van der Waals surface area contributed by atoms with E-state index in [2.05, 4.69) is 6.07 Å². The van der Waals surface area contributed by atoms with Gasteiger partial charge in [-0.2, -0.15) is 0 Å². The van der Waals surface area contributed by atoms with E-state index in [1.54, 1.807) is 16.1 Å². The summed E-state index contributed by atoms with van der Waals surface area (Å²) in [7, 11) is 1.32. The average molecular weight is 531 g/mol. The molecule has 2 atom stereocenters. The summed E-state index contributed by atoms with van der Waals surface area (Å²) in [5, 5.41) is 10.7. The van der Waals surface area contributed by atoms with Crippen LogP contribution < -0.4 is 0 Å². The van der Waals surface area contributed by atoms with Crippen molar-refractivity contribution in [3.05, 3.63) is 60.4 Å². The summed E-state index contributed by atoms with van der Waals surface area (Å²) in [5.74, 6) is 0.177. The molecule has 0 aliphatic carbocycles. The maximum Gasteiger partial charge on any atom is 0.409 e. The molecule has 3 aromatic rings. The number of ether oxygens (including phenoxy) is 1. The van der Waals surface area contributed by atoms with Crippen LogP contribution in [0.5, 0.6) is 0 Å². The number of aliphatic hydroxyl groups excluding tert-OH is 1. The molecule has 2 aromatic carbocycles. The zero-order valence-electron chi connectivity index (χ0n) is 21.9. The maximum atomic E-state index is 13.8. The number of methoxy groups -OCH3 is 1. The van der Waals surface area contributed by atoms with E-state index in [1.807, 2.05) is 42.5 Å². The van der Waals surface area contributed by atoms with Gasteiger partial charge in [-0.15, -0.1) is 0 Å². The van der Waals surface area contributed by atoms with E-state index in [0.717, 1.165) is 34.1 Å². The third-order valence-corrected chi connectivity index (χ3v) is 7.88. The van der Waals surface area contributed by atoms with Gasteiger partial charge in [0, 0.05) is 30.6 Å². The lowest BCUT2D eigenvalue weighted by atomic mass is 9.90. The highest BCUT2D eigenvalue weighted by Crippen LogP contribution is 2.36. The van der Waals surface area contributed by atoms with Gasteiger partial charge >= 0.3 is 6.09 Å². The van der Waals surface area contributed by atoms with Crippen molar-refractivity contribution in [2.45, 2.75) is 25.0 Å². The molecule has 0 bridgehead atoms. The molecule has 1 N–H and O–H groups in total. The van der Waals surface area contributed by atoms with E-state index in [0.29, 0.717) is 25.5 Å². The fraction of sp³-hybridized carbons (Fsp3) is 0.379. The topological polar surface area (TPSA) is 116 Å². The van der Waals surface area contributed by atoms with Crippen LogP contribution in [0, 0.1) is 5.92 Å². The minimum absolute atomic E-state index is 0.0507. The molecule has 3 aliphatic heterocycles. The Morgan fingerprint density at radius 2 is 1.82 bits per heavy atom. The lowest BCUT2D eigenvalue weighted by molar-refractivity contribution is -0.138. The molecule has 39 heavy (non-hydrogen) atoms. The summed E-state index contributed by atoms with van der Waals surface area (Å²) in [5.41, 5.74) is 2.69. The smallest absolute Gasteiger partial charge is 0.409 e. The maximum absolute atomic E-state index is 13.8. The minimum Gasteiger partial charge on any atom is -0.464 e. The highest BCUT2D eigenvalue weighted by molar-refractivity contribution is 6.16. The number of aliphatic hydroxyl groups is 1. The lowest BCUT2D eigenvalue weighted by Crippen LogP contribution is -2.66. The number of benzene rings is 2. The van der Waals surface area contributed by atoms with E-state index in [-0.39, 0.29) is 30.8 Å². The summed E-state index contributed by atoms with van der Waals surface area (Å²) >= 11 is 0. The SMILES string of the molecule is COC(=O)N1CC2(C1)N=C(c1ccc(-c3ccc4occc4c3)cc1)N(C[C@@H]1CCN(C(=O)C(C)O)C1)C2=O. The van der Waals surface area contributed by atoms with Crippen molar-refractivity contribution in [1.29, 1.82) is 0 Å². The number of hydrogen-bond donors (Lipinski definition) is 1. The number of hydrogen-bond acceptors (Lipinski definition) is 7. The standard InChI is InChI=1S/C29H30N4O6/c1-18(34)26(35)31-11-9-19(14-31)15-33-25(30-29(27(33)36)16-32(17-29)28(37)38-2)21-5-3-20(4-6-21)22-7-8-24-23(13-22)10-12-39-24/h3-8,10,12-13,18-19,34H,9,11,14-17H2,1-2H3/t18?,19-/m1/s1. The van der Waals surface area contributed by atoms with Crippen molar-refractivity contribution in [3.63, 3.8) is 0 Å². The zero-order valence-corrected chi connectivity index (χ0v) is 21.9. The Morgan fingerprint density at radius 3 is 2.54 bits per heavy atom. The van der Waals surface area contributed by atoms with E-state index in [1.165, 1.54) is 18.9 Å². The highest BCUT2D eigenvalue weighted by Gasteiger charge is 2.58. The van der Waals surface area contributed by atoms with Gasteiger partial charge in [0.2, 0.25) is 0 Å². The van der Waals surface area contributed by atoms with Gasteiger partial charge in [-0.3, -0.25) is 14.5 Å². The third kappa shape index (κ3) is 4.34. The molecular weight excluding hydrogens is 500 g/mol. The Morgan fingerprint density at radius 1 is 1.10 bits per heavy atom. The Hall–Kier alpha value is -4.18. The number of amidine groups is 1. The van der Waals surface area contributed by atoms with Crippen LogP contribution in [0.1, 0.15) is 18.9 Å². The monoisotopic (exact) mass is 530 g/mol. The van der Waals surface area contributed by atoms with Crippen molar-refractivity contribution in [2.75, 3.05) is 39.8 Å². The molecule has 2 saturated heterocycles. The van der Waals surface area contributed by atoms with Gasteiger partial charge in [0.25, 0.3) is 11.8 Å². The molecule has 0 radical (unpaired) electrons. The predicted octanol–water partition coefficient (Wildman–Crippen LogP) is 2.74. The van der Waals surface area contributed by atoms with Gasteiger partial charge in [0.05, 0.1) is 26.5 Å². The molecule has 1 spiro atoms. The number of fused-ring (bicyclic) bond motifs is 1. The van der Waals surface area contributed by atoms with Crippen LogP contribution in [0.4, 0.5) is 4.79 Å². The second-order valence-electron chi connectivity index (χ2n) is 10.6. The molecular formula is C29H30N4O6. The van der Waals surface area contributed by atoms with Crippen LogP contribution >= 0.6 is 0 Å². The Labute approximate surface area is 225 Å². The second kappa shape index (κ2) is 9.53. The first-order valence-corrected chi connectivity index (χ1v) is 13.1. The van der Waals surface area contributed by atoms with Crippen molar-refractivity contribution in [2.24, 2.45) is 10.9 Å². The molecule has 10 nitrogen and oxygen atoms in total. The van der Waals surface area contributed by atoms with Crippen molar-refractivity contribution in [1.82, 2.24) is 14.7 Å². The van der Waals surface area contributed by atoms with Crippen molar-refractivity contribution in [3.8, 4) is 11.1 Å². The Bertz CT molecular complexity index is 1470. The number of nitrogens with zero attached hydrogens (tertiary/aromatic N) is 4. The summed E-state index contributed by atoms with van der Waals surface area (Å²) in [6.07, 6.45) is 0.866. The normalized spacial score (nSPS) is 20.9. The molecule has 3 amide bonds. The van der Waals surface area contributed by atoms with Gasteiger partial charge in [-0.05, 0) is 48.6 Å². The first kappa shape index (κ1) is 25.1. The number of aliphatic imine (C=N–C) groups is 1. The summed E-state index contributed by atoms with van der Waals surface area (Å²) in [6.45, 7) is 3.21. The van der Waals surface area contributed by atoms with Crippen LogP contribution in [0.3, 0.4) is 0 Å². The molecule has 6 rings (SSSR count). The zero-order chi connectivity index (χ0) is 27.3. The lowest BCUT2D eigenvalue weighted by Gasteiger charge is -2.43. The van der Waals surface area contributed by atoms with Gasteiger partial charge in [0.1, 0.15) is 17.5 Å². The van der Waals surface area contributed by atoms with E-state index in [4.69, 9.17) is 14.1 Å². The average Bonchev–Trinajstić information content (AvgIpc) is 3.65. The second-order valence-corrected chi connectivity index (χ2v) is 10.6. The molecule has 4 heterocycles. The van der Waals surface area contributed by atoms with Crippen LogP contribution in [-0.4, -0.2) is 95.0 Å². The molecule has 1 aromatic heterocycles. The molecule has 202 valence electrons. The van der Waals surface area contributed by atoms with E-state index >= 15 is 0 Å². The van der Waals surface area contributed by atoms with Crippen LogP contribution in [0.15, 0.2) is 64.2 Å². The summed E-state index contributed by atoms with van der Waals surface area (Å²) in [4.78, 5) is 47.8. The van der Waals surface area contributed by atoms with Crippen molar-refractivity contribution >= 4 is 34.7 Å². The number of likely N-dealkylation sites (tertiary alicyclic amines) is 2. The van der Waals surface area contributed by atoms with E-state index in [9.17, 15) is 19.5 Å². The van der Waals surface area contributed by atoms with Gasteiger partial charge in [-0.1, -0.05) is 30.3 Å². The van der Waals surface area contributed by atoms with Crippen molar-refractivity contribution < 1.29 is 28.6 Å². The fourth-order valence-electron chi connectivity index (χ4n) is 5.76. The largest absolute Gasteiger partial charge is 0.464 e. The highest BCUT2D eigenvalue weighted by atomic mass is 16.5. The van der Waals surface area contributed by atoms with Crippen LogP contribution in [0.25, 0.3) is 22.1 Å². The van der Waals surface area contributed by atoms with Crippen LogP contribution in [0.2, 0.25) is 0 Å². The quantitative estimate of drug-likeness (QED) is 0.542. The number of carbonyl (C=O) groups excluding carboxylic acids is 3.